The molecule has 4 fully saturated rings. The van der Waals surface area contributed by atoms with Gasteiger partial charge in [-0.25, -0.2) is 0 Å². The van der Waals surface area contributed by atoms with Gasteiger partial charge in [-0.3, -0.25) is 4.79 Å². The summed E-state index contributed by atoms with van der Waals surface area (Å²) in [6, 6.07) is 0. The first-order valence-corrected chi connectivity index (χ1v) is 12.4. The molecule has 8 atom stereocenters. The minimum atomic E-state index is -0.295. The molecule has 33 heavy (non-hydrogen) atoms. The summed E-state index contributed by atoms with van der Waals surface area (Å²) in [5.74, 6) is 1.27. The largest absolute Gasteiger partial charge is 0.469 e. The van der Waals surface area contributed by atoms with Gasteiger partial charge in [-0.15, -0.1) is 0 Å². The molecule has 0 saturated heterocycles. The second kappa shape index (κ2) is 8.91. The first kappa shape index (κ1) is 24.0. The molecule has 4 aliphatic carbocycles. The molecule has 0 aromatic heterocycles. The molecule has 4 saturated carbocycles. The van der Waals surface area contributed by atoms with Crippen molar-refractivity contribution in [3.05, 3.63) is 0 Å². The number of hydrogen-bond acceptors (Lipinski definition) is 8. The lowest BCUT2D eigenvalue weighted by molar-refractivity contribution is -0.141. The maximum atomic E-state index is 11.7. The second-order valence-corrected chi connectivity index (χ2v) is 11.4. The van der Waals surface area contributed by atoms with Gasteiger partial charge in [0.15, 0.2) is 0 Å². The molecule has 0 aromatic carbocycles. The lowest BCUT2D eigenvalue weighted by atomic mass is 9.43. The summed E-state index contributed by atoms with van der Waals surface area (Å²) < 4.78 is 4.84. The molecule has 4 aliphatic rings. The molecule has 0 aliphatic heterocycles. The van der Waals surface area contributed by atoms with E-state index in [9.17, 15) is 20.4 Å². The van der Waals surface area contributed by atoms with Crippen LogP contribution in [0.3, 0.4) is 0 Å². The monoisotopic (exact) mass is 461 g/mol. The molecule has 8 nitrogen and oxygen atoms in total. The maximum Gasteiger partial charge on any atom is 0.305 e. The minimum Gasteiger partial charge on any atom is -0.469 e. The SMILES string of the molecule is COC(=O)CCC(C)C1CCC2C3/C(=N/O)CC4C/C(=N/O)CC[C@]4(C)C3C/C(=N\O)[C@]12C. The van der Waals surface area contributed by atoms with E-state index in [1.165, 1.54) is 7.11 Å². The Morgan fingerprint density at radius 1 is 1.09 bits per heavy atom. The summed E-state index contributed by atoms with van der Waals surface area (Å²) in [5.41, 5.74) is 2.26. The number of ether oxygens (including phenoxy) is 1. The predicted molar refractivity (Wildman–Crippen MR) is 124 cm³/mol. The van der Waals surface area contributed by atoms with Crippen molar-refractivity contribution in [2.24, 2.45) is 61.8 Å². The van der Waals surface area contributed by atoms with Crippen LogP contribution < -0.4 is 0 Å². The van der Waals surface area contributed by atoms with Crippen molar-refractivity contribution in [3.8, 4) is 0 Å². The summed E-state index contributed by atoms with van der Waals surface area (Å²) in [6.45, 7) is 6.76. The fourth-order valence-corrected chi connectivity index (χ4v) is 8.45. The number of hydrogen-bond donors (Lipinski definition) is 3. The van der Waals surface area contributed by atoms with Gasteiger partial charge in [0, 0.05) is 17.8 Å². The molecule has 0 aromatic rings. The predicted octanol–water partition coefficient (Wildman–Crippen LogP) is 4.95. The number of oxime groups is 3. The van der Waals surface area contributed by atoms with Crippen molar-refractivity contribution in [2.45, 2.75) is 78.6 Å². The number of carbonyl (C=O) groups is 1. The lowest BCUT2D eigenvalue weighted by Crippen LogP contribution is -2.60. The Morgan fingerprint density at radius 2 is 1.85 bits per heavy atom. The average Bonchev–Trinajstić information content (AvgIpc) is 3.18. The summed E-state index contributed by atoms with van der Waals surface area (Å²) in [6.07, 6.45) is 6.97. The van der Waals surface area contributed by atoms with Crippen LogP contribution in [0.1, 0.15) is 78.6 Å². The average molecular weight is 462 g/mol. The number of rotatable bonds is 4. The second-order valence-electron chi connectivity index (χ2n) is 11.4. The van der Waals surface area contributed by atoms with Crippen molar-refractivity contribution in [2.75, 3.05) is 7.11 Å². The third kappa shape index (κ3) is 3.64. The highest BCUT2D eigenvalue weighted by Crippen LogP contribution is 2.66. The van der Waals surface area contributed by atoms with Gasteiger partial charge in [-0.1, -0.05) is 36.2 Å². The van der Waals surface area contributed by atoms with Crippen molar-refractivity contribution in [3.63, 3.8) is 0 Å². The van der Waals surface area contributed by atoms with Crippen LogP contribution in [0.4, 0.5) is 0 Å². The first-order valence-electron chi connectivity index (χ1n) is 12.4. The highest BCUT2D eigenvalue weighted by Gasteiger charge is 2.65. The number of methoxy groups -OCH3 is 1. The van der Waals surface area contributed by atoms with Gasteiger partial charge >= 0.3 is 5.97 Å². The highest BCUT2D eigenvalue weighted by atomic mass is 16.5. The van der Waals surface area contributed by atoms with Gasteiger partial charge in [-0.2, -0.15) is 0 Å². The Labute approximate surface area is 196 Å². The van der Waals surface area contributed by atoms with E-state index < -0.39 is 0 Å². The third-order valence-electron chi connectivity index (χ3n) is 10.4. The molecule has 0 radical (unpaired) electrons. The van der Waals surface area contributed by atoms with Crippen LogP contribution >= 0.6 is 0 Å². The van der Waals surface area contributed by atoms with E-state index in [4.69, 9.17) is 4.74 Å². The summed E-state index contributed by atoms with van der Waals surface area (Å²) >= 11 is 0. The first-order chi connectivity index (χ1) is 15.7. The molecule has 0 amide bonds. The lowest BCUT2D eigenvalue weighted by Gasteiger charge is -2.60. The molecule has 0 heterocycles. The summed E-state index contributed by atoms with van der Waals surface area (Å²) in [4.78, 5) is 11.7. The van der Waals surface area contributed by atoms with Crippen LogP contribution in [0.25, 0.3) is 0 Å². The van der Waals surface area contributed by atoms with E-state index in [-0.39, 0.29) is 46.4 Å². The van der Waals surface area contributed by atoms with Gasteiger partial charge in [0.2, 0.25) is 0 Å². The van der Waals surface area contributed by atoms with Crippen molar-refractivity contribution in [1.82, 2.24) is 0 Å². The fourth-order valence-electron chi connectivity index (χ4n) is 8.45. The van der Waals surface area contributed by atoms with Crippen LogP contribution in [-0.2, 0) is 9.53 Å². The van der Waals surface area contributed by atoms with Crippen LogP contribution in [0.5, 0.6) is 0 Å². The fraction of sp³-hybridized carbons (Fsp3) is 0.840. The molecular weight excluding hydrogens is 422 g/mol. The summed E-state index contributed by atoms with van der Waals surface area (Å²) in [7, 11) is 1.42. The zero-order valence-corrected chi connectivity index (χ0v) is 20.3. The van der Waals surface area contributed by atoms with E-state index in [1.807, 2.05) is 0 Å². The standard InChI is InChI=1S/C25H39N3O5/c1-14(5-8-22(29)33-4)17-6-7-18-23-19(13-21(28-32)25(17,18)3)24(2)10-9-16(26-30)11-15(24)12-20(23)27-31/h14-15,17-19,23,30-32H,5-13H2,1-4H3/b26-16+,27-20+,28-21+/t14?,15?,17?,18?,19?,23?,24-,25+/m0/s1. The Balaban J connectivity index is 1.67. The van der Waals surface area contributed by atoms with Crippen LogP contribution in [0.15, 0.2) is 15.5 Å². The normalized spacial score (nSPS) is 44.8. The minimum absolute atomic E-state index is 0.0128. The molecule has 6 unspecified atom stereocenters. The topological polar surface area (TPSA) is 124 Å². The molecule has 0 bridgehead atoms. The number of carbonyl (C=O) groups excluding carboxylic acids is 1. The Kier molecular flexibility index (Phi) is 6.49. The molecule has 8 heteroatoms. The molecule has 184 valence electrons. The Hall–Kier alpha value is -2.12. The molecule has 3 N–H and O–H groups in total. The molecular formula is C25H39N3O5. The van der Waals surface area contributed by atoms with Crippen molar-refractivity contribution in [1.29, 1.82) is 0 Å². The number of esters is 1. The highest BCUT2D eigenvalue weighted by molar-refractivity contribution is 5.97. The van der Waals surface area contributed by atoms with Gasteiger partial charge in [0.25, 0.3) is 0 Å². The van der Waals surface area contributed by atoms with Crippen molar-refractivity contribution < 1.29 is 25.2 Å². The third-order valence-corrected chi connectivity index (χ3v) is 10.4. The van der Waals surface area contributed by atoms with Crippen LogP contribution in [-0.4, -0.2) is 45.8 Å². The number of nitrogens with zero attached hydrogens (tertiary/aromatic N) is 3. The van der Waals surface area contributed by atoms with E-state index in [0.29, 0.717) is 25.2 Å². The van der Waals surface area contributed by atoms with Gasteiger partial charge < -0.3 is 20.4 Å². The van der Waals surface area contributed by atoms with E-state index in [1.54, 1.807) is 0 Å². The smallest absolute Gasteiger partial charge is 0.305 e. The molecule has 0 spiro atoms. The Bertz CT molecular complexity index is 870. The summed E-state index contributed by atoms with van der Waals surface area (Å²) in [5, 5.41) is 40.9. The van der Waals surface area contributed by atoms with Gasteiger partial charge in [0.1, 0.15) is 0 Å². The molecule has 4 rings (SSSR count). The zero-order valence-electron chi connectivity index (χ0n) is 20.3. The Morgan fingerprint density at radius 3 is 2.48 bits per heavy atom. The van der Waals surface area contributed by atoms with Crippen LogP contribution in [0, 0.1) is 46.3 Å². The number of fused-ring (bicyclic) bond motifs is 5. The quantitative estimate of drug-likeness (QED) is 0.311. The van der Waals surface area contributed by atoms with E-state index >= 15 is 0 Å². The van der Waals surface area contributed by atoms with E-state index in [2.05, 4.69) is 36.2 Å². The van der Waals surface area contributed by atoms with Crippen molar-refractivity contribution >= 4 is 23.1 Å². The zero-order chi connectivity index (χ0) is 24.0. The maximum absolute atomic E-state index is 11.7. The van der Waals surface area contributed by atoms with Gasteiger partial charge in [0.05, 0.1) is 24.2 Å². The van der Waals surface area contributed by atoms with E-state index in [0.717, 1.165) is 55.7 Å². The van der Waals surface area contributed by atoms with Gasteiger partial charge in [-0.05, 0) is 86.4 Å². The van der Waals surface area contributed by atoms with Crippen LogP contribution in [0.2, 0.25) is 0 Å².